The molecule has 88 valence electrons. The molecule has 1 amide bonds. The van der Waals surface area contributed by atoms with Crippen molar-refractivity contribution >= 4 is 12.1 Å². The lowest BCUT2D eigenvalue weighted by molar-refractivity contribution is -0.143. The van der Waals surface area contributed by atoms with Gasteiger partial charge in [-0.2, -0.15) is 0 Å². The second-order valence-electron chi connectivity index (χ2n) is 2.95. The third-order valence-corrected chi connectivity index (χ3v) is 1.64. The molecule has 0 aromatic rings. The molecule has 0 heterocycles. The molecule has 0 fully saturated rings. The summed E-state index contributed by atoms with van der Waals surface area (Å²) in [7, 11) is 0. The van der Waals surface area contributed by atoms with Crippen molar-refractivity contribution in [3.05, 3.63) is 0 Å². The van der Waals surface area contributed by atoms with Gasteiger partial charge in [-0.05, 0) is 19.8 Å². The molecule has 0 spiro atoms. The van der Waals surface area contributed by atoms with E-state index in [1.807, 2.05) is 6.92 Å². The highest BCUT2D eigenvalue weighted by Gasteiger charge is 2.00. The lowest BCUT2D eigenvalue weighted by Crippen LogP contribution is -2.24. The summed E-state index contributed by atoms with van der Waals surface area (Å²) in [5.41, 5.74) is 0. The van der Waals surface area contributed by atoms with Gasteiger partial charge in [0.1, 0.15) is 0 Å². The van der Waals surface area contributed by atoms with Crippen LogP contribution in [0.1, 0.15) is 33.1 Å². The molecule has 0 aliphatic rings. The highest BCUT2D eigenvalue weighted by Crippen LogP contribution is 1.93. The van der Waals surface area contributed by atoms with Crippen LogP contribution in [0.25, 0.3) is 0 Å². The van der Waals surface area contributed by atoms with Crippen LogP contribution in [-0.4, -0.2) is 31.8 Å². The quantitative estimate of drug-likeness (QED) is 0.518. The molecule has 0 atom stereocenters. The maximum atomic E-state index is 10.8. The maximum Gasteiger partial charge on any atom is 0.407 e. The van der Waals surface area contributed by atoms with E-state index in [1.165, 1.54) is 0 Å². The second-order valence-corrected chi connectivity index (χ2v) is 2.95. The van der Waals surface area contributed by atoms with Gasteiger partial charge in [-0.15, -0.1) is 0 Å². The minimum atomic E-state index is -0.400. The molecule has 0 bridgehead atoms. The van der Waals surface area contributed by atoms with E-state index in [2.05, 4.69) is 5.32 Å². The predicted octanol–water partition coefficient (Wildman–Crippen LogP) is 1.47. The number of amides is 1. The predicted molar refractivity (Wildman–Crippen MR) is 55.5 cm³/mol. The summed E-state index contributed by atoms with van der Waals surface area (Å²) >= 11 is 0. The van der Waals surface area contributed by atoms with Crippen molar-refractivity contribution < 1.29 is 19.1 Å². The SMILES string of the molecule is CCNC(=O)OCCCCOC(=O)CC. The molecule has 0 aliphatic carbocycles. The molecule has 5 nitrogen and oxygen atoms in total. The Balaban J connectivity index is 3.18. The normalized spacial score (nSPS) is 9.47. The van der Waals surface area contributed by atoms with Crippen LogP contribution in [0.15, 0.2) is 0 Å². The summed E-state index contributed by atoms with van der Waals surface area (Å²) in [5, 5.41) is 2.52. The Kier molecular flexibility index (Phi) is 8.52. The second kappa shape index (κ2) is 9.30. The van der Waals surface area contributed by atoms with Gasteiger partial charge in [-0.25, -0.2) is 4.79 Å². The summed E-state index contributed by atoms with van der Waals surface area (Å²) in [6, 6.07) is 0. The number of esters is 1. The fourth-order valence-electron chi connectivity index (χ4n) is 0.852. The van der Waals surface area contributed by atoms with E-state index in [0.717, 1.165) is 0 Å². The molecule has 0 radical (unpaired) electrons. The van der Waals surface area contributed by atoms with Gasteiger partial charge in [0, 0.05) is 13.0 Å². The minimum absolute atomic E-state index is 0.195. The molecule has 1 N–H and O–H groups in total. The van der Waals surface area contributed by atoms with E-state index in [-0.39, 0.29) is 5.97 Å². The molecule has 15 heavy (non-hydrogen) atoms. The molecule has 0 aliphatic heterocycles. The fraction of sp³-hybridized carbons (Fsp3) is 0.800. The number of alkyl carbamates (subject to hydrolysis) is 1. The monoisotopic (exact) mass is 217 g/mol. The Morgan fingerprint density at radius 1 is 1.07 bits per heavy atom. The molecule has 0 aromatic heterocycles. The Morgan fingerprint density at radius 3 is 2.20 bits per heavy atom. The third-order valence-electron chi connectivity index (χ3n) is 1.64. The molecular weight excluding hydrogens is 198 g/mol. The van der Waals surface area contributed by atoms with E-state index in [1.54, 1.807) is 6.92 Å². The lowest BCUT2D eigenvalue weighted by Gasteiger charge is -2.05. The first-order valence-corrected chi connectivity index (χ1v) is 5.27. The topological polar surface area (TPSA) is 64.6 Å². The first-order chi connectivity index (χ1) is 7.20. The number of carbonyl (C=O) groups excluding carboxylic acids is 2. The number of ether oxygens (including phenoxy) is 2. The van der Waals surface area contributed by atoms with Gasteiger partial charge in [0.15, 0.2) is 0 Å². The summed E-state index contributed by atoms with van der Waals surface area (Å²) in [6.07, 6.45) is 1.41. The maximum absolute atomic E-state index is 10.8. The molecule has 0 aromatic carbocycles. The van der Waals surface area contributed by atoms with E-state index < -0.39 is 6.09 Å². The lowest BCUT2D eigenvalue weighted by atomic mass is 10.3. The van der Waals surface area contributed by atoms with Crippen molar-refractivity contribution in [2.24, 2.45) is 0 Å². The summed E-state index contributed by atoms with van der Waals surface area (Å²) in [6.45, 7) is 4.89. The number of nitrogens with one attached hydrogen (secondary N) is 1. The zero-order valence-electron chi connectivity index (χ0n) is 9.38. The van der Waals surface area contributed by atoms with Gasteiger partial charge in [-0.3, -0.25) is 4.79 Å². The van der Waals surface area contributed by atoms with E-state index >= 15 is 0 Å². The van der Waals surface area contributed by atoms with Crippen LogP contribution < -0.4 is 5.32 Å². The minimum Gasteiger partial charge on any atom is -0.466 e. The van der Waals surface area contributed by atoms with E-state index in [4.69, 9.17) is 9.47 Å². The van der Waals surface area contributed by atoms with Crippen molar-refractivity contribution in [2.75, 3.05) is 19.8 Å². The van der Waals surface area contributed by atoms with Crippen LogP contribution in [-0.2, 0) is 14.3 Å². The number of hydrogen-bond donors (Lipinski definition) is 1. The molecule has 0 saturated heterocycles. The highest BCUT2D eigenvalue weighted by atomic mass is 16.5. The van der Waals surface area contributed by atoms with E-state index in [0.29, 0.717) is 39.0 Å². The van der Waals surface area contributed by atoms with Crippen molar-refractivity contribution in [3.63, 3.8) is 0 Å². The summed E-state index contributed by atoms with van der Waals surface area (Å²) in [4.78, 5) is 21.5. The molecule has 0 rings (SSSR count). The Labute approximate surface area is 90.1 Å². The third kappa shape index (κ3) is 9.05. The average molecular weight is 217 g/mol. The van der Waals surface area contributed by atoms with Gasteiger partial charge in [-0.1, -0.05) is 6.92 Å². The fourth-order valence-corrected chi connectivity index (χ4v) is 0.852. The summed E-state index contributed by atoms with van der Waals surface area (Å²) < 4.78 is 9.68. The first-order valence-electron chi connectivity index (χ1n) is 5.27. The van der Waals surface area contributed by atoms with Crippen LogP contribution in [0.3, 0.4) is 0 Å². The Hall–Kier alpha value is -1.26. The van der Waals surface area contributed by atoms with Gasteiger partial charge in [0.05, 0.1) is 13.2 Å². The first kappa shape index (κ1) is 13.7. The average Bonchev–Trinajstić information content (AvgIpc) is 2.23. The zero-order chi connectivity index (χ0) is 11.5. The van der Waals surface area contributed by atoms with E-state index in [9.17, 15) is 9.59 Å². The van der Waals surface area contributed by atoms with Crippen LogP contribution in [0, 0.1) is 0 Å². The van der Waals surface area contributed by atoms with Crippen molar-refractivity contribution in [3.8, 4) is 0 Å². The van der Waals surface area contributed by atoms with Crippen LogP contribution in [0.5, 0.6) is 0 Å². The number of hydrogen-bond acceptors (Lipinski definition) is 4. The standard InChI is InChI=1S/C10H19NO4/c1-3-9(12)14-7-5-6-8-15-10(13)11-4-2/h3-8H2,1-2H3,(H,11,13). The van der Waals surface area contributed by atoms with Gasteiger partial charge in [0.25, 0.3) is 0 Å². The summed E-state index contributed by atoms with van der Waals surface area (Å²) in [5.74, 6) is -0.195. The zero-order valence-corrected chi connectivity index (χ0v) is 9.38. The molecular formula is C10H19NO4. The number of unbranched alkanes of at least 4 members (excludes halogenated alkanes) is 1. The highest BCUT2D eigenvalue weighted by molar-refractivity contribution is 5.68. The molecule has 0 saturated carbocycles. The van der Waals surface area contributed by atoms with Gasteiger partial charge < -0.3 is 14.8 Å². The smallest absolute Gasteiger partial charge is 0.407 e. The van der Waals surface area contributed by atoms with Crippen molar-refractivity contribution in [2.45, 2.75) is 33.1 Å². The Morgan fingerprint density at radius 2 is 1.67 bits per heavy atom. The number of carbonyl (C=O) groups is 2. The Bertz CT molecular complexity index is 194. The number of rotatable bonds is 7. The van der Waals surface area contributed by atoms with Crippen molar-refractivity contribution in [1.82, 2.24) is 5.32 Å². The molecule has 0 unspecified atom stereocenters. The largest absolute Gasteiger partial charge is 0.466 e. The van der Waals surface area contributed by atoms with Crippen LogP contribution in [0.2, 0.25) is 0 Å². The van der Waals surface area contributed by atoms with Crippen LogP contribution >= 0.6 is 0 Å². The van der Waals surface area contributed by atoms with Gasteiger partial charge >= 0.3 is 12.1 Å². The molecule has 5 heteroatoms. The van der Waals surface area contributed by atoms with Crippen molar-refractivity contribution in [1.29, 1.82) is 0 Å². The van der Waals surface area contributed by atoms with Gasteiger partial charge in [0.2, 0.25) is 0 Å². The van der Waals surface area contributed by atoms with Crippen LogP contribution in [0.4, 0.5) is 4.79 Å².